The van der Waals surface area contributed by atoms with Gasteiger partial charge in [-0.15, -0.1) is 11.3 Å². The van der Waals surface area contributed by atoms with Crippen molar-refractivity contribution in [1.82, 2.24) is 5.59 Å². The van der Waals surface area contributed by atoms with Crippen molar-refractivity contribution < 1.29 is 10.0 Å². The van der Waals surface area contributed by atoms with Gasteiger partial charge in [0.05, 0.1) is 6.21 Å². The van der Waals surface area contributed by atoms with Crippen molar-refractivity contribution in [3.05, 3.63) is 17.0 Å². The van der Waals surface area contributed by atoms with Crippen molar-refractivity contribution in [2.45, 2.75) is 6.92 Å². The standard InChI is InChI=1S/C7H9N3O2S/c1-5(11)9-7-6(2-3-13-7)4-8-10-12/h2-4,10,12H,1H3,(H,9,11)/b8-4+. The minimum absolute atomic E-state index is 0.131. The molecule has 0 atom stereocenters. The van der Waals surface area contributed by atoms with Crippen LogP contribution in [0.25, 0.3) is 0 Å². The van der Waals surface area contributed by atoms with E-state index in [1.54, 1.807) is 11.7 Å². The molecule has 0 spiro atoms. The summed E-state index contributed by atoms with van der Waals surface area (Å²) in [6.07, 6.45) is 1.42. The van der Waals surface area contributed by atoms with E-state index >= 15 is 0 Å². The van der Waals surface area contributed by atoms with Crippen molar-refractivity contribution in [2.24, 2.45) is 5.10 Å². The normalized spacial score (nSPS) is 10.3. The average Bonchev–Trinajstić information content (AvgIpc) is 2.48. The molecule has 1 rings (SSSR count). The molecule has 0 aliphatic carbocycles. The molecule has 1 aromatic rings. The number of nitrogens with zero attached hydrogens (tertiary/aromatic N) is 1. The van der Waals surface area contributed by atoms with Gasteiger partial charge < -0.3 is 5.32 Å². The Morgan fingerprint density at radius 1 is 1.77 bits per heavy atom. The number of nitrogens with one attached hydrogen (secondary N) is 2. The van der Waals surface area contributed by atoms with E-state index in [-0.39, 0.29) is 5.91 Å². The Kier molecular flexibility index (Phi) is 3.41. The van der Waals surface area contributed by atoms with Gasteiger partial charge in [-0.2, -0.15) is 10.7 Å². The molecular weight excluding hydrogens is 190 g/mol. The maximum Gasteiger partial charge on any atom is 0.221 e. The molecule has 6 heteroatoms. The van der Waals surface area contributed by atoms with E-state index in [1.807, 2.05) is 5.38 Å². The maximum absolute atomic E-state index is 10.7. The second kappa shape index (κ2) is 4.58. The average molecular weight is 199 g/mol. The highest BCUT2D eigenvalue weighted by Crippen LogP contribution is 2.21. The van der Waals surface area contributed by atoms with Crippen LogP contribution in [0.1, 0.15) is 12.5 Å². The zero-order valence-corrected chi connectivity index (χ0v) is 7.76. The lowest BCUT2D eigenvalue weighted by atomic mass is 10.3. The maximum atomic E-state index is 10.7. The molecule has 0 aromatic carbocycles. The Labute approximate surface area is 79.0 Å². The van der Waals surface area contributed by atoms with Crippen LogP contribution in [-0.2, 0) is 4.79 Å². The lowest BCUT2D eigenvalue weighted by Crippen LogP contribution is -2.06. The first-order chi connectivity index (χ1) is 6.24. The van der Waals surface area contributed by atoms with Crippen LogP contribution in [0.15, 0.2) is 16.5 Å². The van der Waals surface area contributed by atoms with Crippen LogP contribution in [0.4, 0.5) is 5.00 Å². The number of hydrazone groups is 1. The Morgan fingerprint density at radius 3 is 3.15 bits per heavy atom. The number of hydrogen-bond acceptors (Lipinski definition) is 5. The summed E-state index contributed by atoms with van der Waals surface area (Å²) in [6, 6.07) is 1.79. The molecule has 0 aliphatic heterocycles. The fourth-order valence-electron chi connectivity index (χ4n) is 0.781. The van der Waals surface area contributed by atoms with Gasteiger partial charge in [0.25, 0.3) is 0 Å². The minimum atomic E-state index is -0.131. The first kappa shape index (κ1) is 9.69. The summed E-state index contributed by atoms with van der Waals surface area (Å²) in [7, 11) is 0. The van der Waals surface area contributed by atoms with Crippen LogP contribution in [0.5, 0.6) is 0 Å². The van der Waals surface area contributed by atoms with E-state index in [0.29, 0.717) is 5.00 Å². The molecule has 0 radical (unpaired) electrons. The van der Waals surface area contributed by atoms with Crippen LogP contribution in [0.2, 0.25) is 0 Å². The van der Waals surface area contributed by atoms with Crippen LogP contribution >= 0.6 is 11.3 Å². The van der Waals surface area contributed by atoms with Gasteiger partial charge >= 0.3 is 0 Å². The van der Waals surface area contributed by atoms with E-state index in [4.69, 9.17) is 5.21 Å². The van der Waals surface area contributed by atoms with Gasteiger partial charge in [-0.25, -0.2) is 0 Å². The summed E-state index contributed by atoms with van der Waals surface area (Å²) >= 11 is 1.40. The first-order valence-corrected chi connectivity index (χ1v) is 4.39. The van der Waals surface area contributed by atoms with E-state index < -0.39 is 0 Å². The molecule has 0 bridgehead atoms. The summed E-state index contributed by atoms with van der Waals surface area (Å²) in [5, 5.41) is 16.8. The van der Waals surface area contributed by atoms with Gasteiger partial charge in [-0.05, 0) is 11.4 Å². The number of amides is 1. The van der Waals surface area contributed by atoms with Gasteiger partial charge in [-0.3, -0.25) is 10.0 Å². The molecule has 1 heterocycles. The quantitative estimate of drug-likeness (QED) is 0.502. The number of rotatable bonds is 3. The third kappa shape index (κ3) is 2.85. The Bertz CT molecular complexity index is 321. The highest BCUT2D eigenvalue weighted by molar-refractivity contribution is 7.14. The number of carbonyl (C=O) groups excluding carboxylic acids is 1. The number of hydrogen-bond donors (Lipinski definition) is 3. The van der Waals surface area contributed by atoms with Crippen molar-refractivity contribution in [1.29, 1.82) is 0 Å². The van der Waals surface area contributed by atoms with Crippen molar-refractivity contribution >= 4 is 28.5 Å². The summed E-state index contributed by atoms with van der Waals surface area (Å²) in [5.74, 6) is -0.131. The Hall–Kier alpha value is -1.40. The van der Waals surface area contributed by atoms with Crippen LogP contribution in [-0.4, -0.2) is 17.3 Å². The Morgan fingerprint density at radius 2 is 2.54 bits per heavy atom. The number of carbonyl (C=O) groups is 1. The van der Waals surface area contributed by atoms with Crippen LogP contribution in [0, 0.1) is 0 Å². The third-order valence-electron chi connectivity index (χ3n) is 1.25. The Balaban J connectivity index is 2.76. The first-order valence-electron chi connectivity index (χ1n) is 3.51. The fraction of sp³-hybridized carbons (Fsp3) is 0.143. The topological polar surface area (TPSA) is 73.7 Å². The number of thiophene rings is 1. The monoisotopic (exact) mass is 199 g/mol. The number of anilines is 1. The zero-order chi connectivity index (χ0) is 9.68. The lowest BCUT2D eigenvalue weighted by molar-refractivity contribution is -0.114. The van der Waals surface area contributed by atoms with Gasteiger partial charge in [-0.1, -0.05) is 0 Å². The molecule has 3 N–H and O–H groups in total. The second-order valence-electron chi connectivity index (χ2n) is 2.24. The molecule has 0 saturated carbocycles. The van der Waals surface area contributed by atoms with Crippen LogP contribution in [0.3, 0.4) is 0 Å². The second-order valence-corrected chi connectivity index (χ2v) is 3.16. The van der Waals surface area contributed by atoms with Crippen molar-refractivity contribution in [2.75, 3.05) is 5.32 Å². The van der Waals surface area contributed by atoms with Gasteiger partial charge in [0, 0.05) is 12.5 Å². The van der Waals surface area contributed by atoms with E-state index in [1.165, 1.54) is 24.5 Å². The molecule has 1 aromatic heterocycles. The van der Waals surface area contributed by atoms with E-state index in [9.17, 15) is 4.79 Å². The van der Waals surface area contributed by atoms with Gasteiger partial charge in [0.15, 0.2) is 0 Å². The summed E-state index contributed by atoms with van der Waals surface area (Å²) in [6.45, 7) is 1.44. The molecule has 0 fully saturated rings. The zero-order valence-electron chi connectivity index (χ0n) is 6.94. The van der Waals surface area contributed by atoms with Crippen LogP contribution < -0.4 is 10.9 Å². The molecule has 1 amide bonds. The highest BCUT2D eigenvalue weighted by atomic mass is 32.1. The third-order valence-corrected chi connectivity index (χ3v) is 2.09. The van der Waals surface area contributed by atoms with Gasteiger partial charge in [0.1, 0.15) is 5.00 Å². The highest BCUT2D eigenvalue weighted by Gasteiger charge is 2.02. The summed E-state index contributed by atoms with van der Waals surface area (Å²) in [5.41, 5.74) is 2.40. The minimum Gasteiger partial charge on any atom is -0.317 e. The van der Waals surface area contributed by atoms with Gasteiger partial charge in [0.2, 0.25) is 5.91 Å². The predicted octanol–water partition coefficient (Wildman–Crippen LogP) is 1.02. The van der Waals surface area contributed by atoms with Crippen molar-refractivity contribution in [3.8, 4) is 0 Å². The lowest BCUT2D eigenvalue weighted by Gasteiger charge is -1.98. The summed E-state index contributed by atoms with van der Waals surface area (Å²) < 4.78 is 0. The molecule has 13 heavy (non-hydrogen) atoms. The van der Waals surface area contributed by atoms with E-state index in [2.05, 4.69) is 10.4 Å². The smallest absolute Gasteiger partial charge is 0.221 e. The fourth-order valence-corrected chi connectivity index (χ4v) is 1.59. The molecule has 0 unspecified atom stereocenters. The van der Waals surface area contributed by atoms with Crippen molar-refractivity contribution in [3.63, 3.8) is 0 Å². The molecule has 0 aliphatic rings. The molecular formula is C7H9N3O2S. The largest absolute Gasteiger partial charge is 0.317 e. The summed E-state index contributed by atoms with van der Waals surface area (Å²) in [4.78, 5) is 10.7. The molecule has 70 valence electrons. The molecule has 5 nitrogen and oxygen atoms in total. The van der Waals surface area contributed by atoms with E-state index in [0.717, 1.165) is 5.56 Å². The SMILES string of the molecule is CC(=O)Nc1sccc1/C=N/NO. The predicted molar refractivity (Wildman–Crippen MR) is 51.1 cm³/mol. The molecule has 0 saturated heterocycles.